The van der Waals surface area contributed by atoms with Gasteiger partial charge in [-0.3, -0.25) is 0 Å². The van der Waals surface area contributed by atoms with Gasteiger partial charge in [0.1, 0.15) is 0 Å². The first kappa shape index (κ1) is 11.2. The molecular weight excluding hydrogens is 239 g/mol. The number of hydrogen-bond donors (Lipinski definition) is 0. The van der Waals surface area contributed by atoms with Gasteiger partial charge in [-0.1, -0.05) is 0 Å². The second kappa shape index (κ2) is 5.79. The molecule has 1 aromatic carbocycles. The molecule has 0 bridgehead atoms. The molecule has 0 aliphatic rings. The van der Waals surface area contributed by atoms with Crippen LogP contribution in [-0.2, 0) is 4.79 Å². The van der Waals surface area contributed by atoms with Crippen molar-refractivity contribution in [3.05, 3.63) is 40.9 Å². The summed E-state index contributed by atoms with van der Waals surface area (Å²) in [5, 5.41) is 0. The molecule has 0 saturated heterocycles. The Kier molecular flexibility index (Phi) is 4.64. The molecule has 74 valence electrons. The second-order valence-corrected chi connectivity index (χ2v) is 5.51. The Labute approximate surface area is 91.4 Å². The van der Waals surface area contributed by atoms with E-state index in [-0.39, 0.29) is 5.78 Å². The maximum atomic E-state index is 10.9. The Morgan fingerprint density at radius 2 is 2.00 bits per heavy atom. The standard InChI is InChI=1S/C12H14OSe/c1-3-11(9-10(2)13)14-12-7-5-4-6-8-12/h4-9H,3H2,1-2H3/b11-9-. The Morgan fingerprint density at radius 1 is 1.36 bits per heavy atom. The summed E-state index contributed by atoms with van der Waals surface area (Å²) in [7, 11) is 0. The van der Waals surface area contributed by atoms with Gasteiger partial charge in [-0.15, -0.1) is 0 Å². The number of carbonyl (C=O) groups is 1. The van der Waals surface area contributed by atoms with Gasteiger partial charge in [0.15, 0.2) is 0 Å². The second-order valence-electron chi connectivity index (χ2n) is 2.99. The van der Waals surface area contributed by atoms with Crippen molar-refractivity contribution >= 4 is 25.2 Å². The van der Waals surface area contributed by atoms with Gasteiger partial charge in [0, 0.05) is 0 Å². The Hall–Kier alpha value is -0.851. The van der Waals surface area contributed by atoms with E-state index < -0.39 is 0 Å². The average Bonchev–Trinajstić information content (AvgIpc) is 2.17. The van der Waals surface area contributed by atoms with Crippen LogP contribution < -0.4 is 4.46 Å². The van der Waals surface area contributed by atoms with Crippen molar-refractivity contribution < 1.29 is 4.79 Å². The topological polar surface area (TPSA) is 17.1 Å². The summed E-state index contributed by atoms with van der Waals surface area (Å²) < 4.78 is 2.59. The van der Waals surface area contributed by atoms with Crippen molar-refractivity contribution in [1.82, 2.24) is 0 Å². The summed E-state index contributed by atoms with van der Waals surface area (Å²) in [6.07, 6.45) is 2.74. The monoisotopic (exact) mass is 254 g/mol. The van der Waals surface area contributed by atoms with Crippen molar-refractivity contribution in [3.63, 3.8) is 0 Å². The van der Waals surface area contributed by atoms with Crippen LogP contribution in [0.4, 0.5) is 0 Å². The van der Waals surface area contributed by atoms with Crippen LogP contribution in [0.25, 0.3) is 0 Å². The number of benzene rings is 1. The fourth-order valence-electron chi connectivity index (χ4n) is 1.07. The van der Waals surface area contributed by atoms with Crippen LogP contribution in [0.1, 0.15) is 20.3 Å². The van der Waals surface area contributed by atoms with E-state index in [2.05, 4.69) is 19.1 Å². The van der Waals surface area contributed by atoms with E-state index in [4.69, 9.17) is 0 Å². The molecule has 1 aromatic rings. The molecular formula is C12H14OSe. The first-order chi connectivity index (χ1) is 6.72. The first-order valence-corrected chi connectivity index (χ1v) is 6.37. The van der Waals surface area contributed by atoms with Crippen LogP contribution in [0.3, 0.4) is 0 Å². The van der Waals surface area contributed by atoms with Crippen LogP contribution in [0.5, 0.6) is 0 Å². The zero-order chi connectivity index (χ0) is 10.4. The summed E-state index contributed by atoms with van der Waals surface area (Å²) in [5.41, 5.74) is 0. The molecule has 1 nitrogen and oxygen atoms in total. The molecule has 0 amide bonds. The van der Waals surface area contributed by atoms with Crippen LogP contribution >= 0.6 is 0 Å². The SMILES string of the molecule is CC/C(=C/C(C)=O)[Se]c1ccccc1. The van der Waals surface area contributed by atoms with E-state index in [1.807, 2.05) is 18.2 Å². The summed E-state index contributed by atoms with van der Waals surface area (Å²) >= 11 is 0.307. The van der Waals surface area contributed by atoms with Gasteiger partial charge in [-0.2, -0.15) is 0 Å². The molecule has 0 atom stereocenters. The van der Waals surface area contributed by atoms with Gasteiger partial charge in [-0.25, -0.2) is 0 Å². The number of rotatable bonds is 4. The third-order valence-electron chi connectivity index (χ3n) is 1.70. The number of allylic oxidation sites excluding steroid dienone is 2. The molecule has 0 radical (unpaired) electrons. The molecule has 0 spiro atoms. The van der Waals surface area contributed by atoms with Crippen molar-refractivity contribution in [2.24, 2.45) is 0 Å². The fourth-order valence-corrected chi connectivity index (χ4v) is 3.10. The Balaban J connectivity index is 2.71. The molecule has 0 aromatic heterocycles. The minimum absolute atomic E-state index is 0.152. The number of hydrogen-bond acceptors (Lipinski definition) is 1. The molecule has 0 heterocycles. The Bertz CT molecular complexity index is 327. The quantitative estimate of drug-likeness (QED) is 0.591. The van der Waals surface area contributed by atoms with Crippen LogP contribution in [0, 0.1) is 0 Å². The van der Waals surface area contributed by atoms with Crippen molar-refractivity contribution in [3.8, 4) is 0 Å². The van der Waals surface area contributed by atoms with E-state index in [0.29, 0.717) is 15.0 Å². The van der Waals surface area contributed by atoms with Gasteiger partial charge < -0.3 is 0 Å². The molecule has 0 aliphatic heterocycles. The van der Waals surface area contributed by atoms with Gasteiger partial charge in [0.05, 0.1) is 0 Å². The van der Waals surface area contributed by atoms with Gasteiger partial charge in [-0.05, 0) is 0 Å². The van der Waals surface area contributed by atoms with Gasteiger partial charge >= 0.3 is 91.1 Å². The predicted molar refractivity (Wildman–Crippen MR) is 60.9 cm³/mol. The molecule has 2 heteroatoms. The fraction of sp³-hybridized carbons (Fsp3) is 0.250. The van der Waals surface area contributed by atoms with Crippen LogP contribution in [0.15, 0.2) is 40.9 Å². The summed E-state index contributed by atoms with van der Waals surface area (Å²) in [6.45, 7) is 3.70. The first-order valence-electron chi connectivity index (χ1n) is 4.66. The minimum atomic E-state index is 0.152. The molecule has 0 unspecified atom stereocenters. The summed E-state index contributed by atoms with van der Waals surface area (Å²) in [6, 6.07) is 10.3. The van der Waals surface area contributed by atoms with E-state index in [9.17, 15) is 4.79 Å². The van der Waals surface area contributed by atoms with E-state index in [1.165, 1.54) is 8.93 Å². The molecule has 1 rings (SSSR count). The summed E-state index contributed by atoms with van der Waals surface area (Å²) in [4.78, 5) is 10.9. The number of ketones is 1. The third-order valence-corrected chi connectivity index (χ3v) is 4.17. The number of carbonyl (C=O) groups excluding carboxylic acids is 1. The molecule has 0 fully saturated rings. The molecule has 0 N–H and O–H groups in total. The average molecular weight is 253 g/mol. The Morgan fingerprint density at radius 3 is 2.50 bits per heavy atom. The van der Waals surface area contributed by atoms with E-state index >= 15 is 0 Å². The zero-order valence-corrected chi connectivity index (χ0v) is 10.2. The third kappa shape index (κ3) is 3.91. The van der Waals surface area contributed by atoms with Crippen LogP contribution in [0.2, 0.25) is 0 Å². The van der Waals surface area contributed by atoms with Gasteiger partial charge in [0.25, 0.3) is 0 Å². The molecule has 14 heavy (non-hydrogen) atoms. The van der Waals surface area contributed by atoms with Gasteiger partial charge in [0.2, 0.25) is 0 Å². The van der Waals surface area contributed by atoms with Crippen molar-refractivity contribution in [2.75, 3.05) is 0 Å². The van der Waals surface area contributed by atoms with E-state index in [0.717, 1.165) is 6.42 Å². The molecule has 0 aliphatic carbocycles. The maximum absolute atomic E-state index is 10.9. The normalized spacial score (nSPS) is 11.4. The van der Waals surface area contributed by atoms with Crippen LogP contribution in [-0.4, -0.2) is 20.7 Å². The molecule has 0 saturated carbocycles. The van der Waals surface area contributed by atoms with Crippen molar-refractivity contribution in [1.29, 1.82) is 0 Å². The van der Waals surface area contributed by atoms with E-state index in [1.54, 1.807) is 13.0 Å². The van der Waals surface area contributed by atoms with Crippen molar-refractivity contribution in [2.45, 2.75) is 20.3 Å². The predicted octanol–water partition coefficient (Wildman–Crippen LogP) is 1.90. The summed E-state index contributed by atoms with van der Waals surface area (Å²) in [5.74, 6) is 0.152. The zero-order valence-electron chi connectivity index (χ0n) is 8.49.